The lowest BCUT2D eigenvalue weighted by Gasteiger charge is -2.37. The molecule has 208 valence electrons. The Morgan fingerprint density at radius 3 is 2.59 bits per heavy atom. The normalized spacial score (nSPS) is 17.1. The van der Waals surface area contributed by atoms with E-state index in [-0.39, 0.29) is 36.6 Å². The molecule has 4 N–H and O–H groups in total. The molecule has 0 saturated carbocycles. The maximum absolute atomic E-state index is 11.6. The van der Waals surface area contributed by atoms with Crippen LogP contribution in [0.15, 0.2) is 66.7 Å². The fraction of sp³-hybridized carbons (Fsp3) is 0.367. The number of likely N-dealkylation sites (tertiary alicyclic amines) is 1. The van der Waals surface area contributed by atoms with Crippen LogP contribution in [0.3, 0.4) is 0 Å². The van der Waals surface area contributed by atoms with Crippen LogP contribution < -0.4 is 15.2 Å². The van der Waals surface area contributed by atoms with E-state index >= 15 is 0 Å². The Labute approximate surface area is 228 Å². The van der Waals surface area contributed by atoms with Crippen molar-refractivity contribution in [3.63, 3.8) is 0 Å². The lowest BCUT2D eigenvalue weighted by molar-refractivity contribution is -0.0199. The van der Waals surface area contributed by atoms with Crippen molar-refractivity contribution in [3.05, 3.63) is 83.4 Å². The number of nitrogens with two attached hydrogens (primary N) is 1. The lowest BCUT2D eigenvalue weighted by Crippen LogP contribution is -2.46. The molecule has 0 aliphatic carbocycles. The Balaban J connectivity index is 1.27. The summed E-state index contributed by atoms with van der Waals surface area (Å²) in [4.78, 5) is 13.0. The molecule has 0 aromatic heterocycles. The fourth-order valence-electron chi connectivity index (χ4n) is 4.70. The highest BCUT2D eigenvalue weighted by Gasteiger charge is 2.33. The van der Waals surface area contributed by atoms with Gasteiger partial charge in [0.2, 0.25) is 0 Å². The number of amides is 1. The van der Waals surface area contributed by atoms with Crippen molar-refractivity contribution >= 4 is 11.8 Å². The van der Waals surface area contributed by atoms with Crippen LogP contribution in [-0.2, 0) is 22.7 Å². The first kappa shape index (κ1) is 28.1. The molecule has 1 aliphatic heterocycles. The van der Waals surface area contributed by atoms with Crippen LogP contribution in [-0.4, -0.2) is 60.7 Å². The Hall–Kier alpha value is -3.95. The van der Waals surface area contributed by atoms with E-state index in [0.29, 0.717) is 32.8 Å². The number of rotatable bonds is 12. The molecular weight excluding hydrogens is 500 g/mol. The number of hydrogen-bond donors (Lipinski definition) is 3. The molecular formula is C30H36N2O7. The second kappa shape index (κ2) is 13.7. The first-order valence-electron chi connectivity index (χ1n) is 13.0. The molecule has 1 amide bonds. The summed E-state index contributed by atoms with van der Waals surface area (Å²) in [5.74, 6) is 1.64. The number of anilines is 1. The topological polar surface area (TPSA) is 124 Å². The molecule has 1 heterocycles. The molecule has 1 fully saturated rings. The standard InChI is InChI=1S/C30H36N2O7/c1-36-28-6-3-2-5-23(28)20-37-15-4-16-38-24-10-8-22(9-11-24)25-13-14-32(30(34)35)18-29(25)39-19-21-7-12-27(33)26(31)17-21/h2-3,5-12,17,25,29,33H,4,13-16,18-20,31H2,1H3,(H,34,35). The highest BCUT2D eigenvalue weighted by molar-refractivity contribution is 5.65. The molecule has 0 bridgehead atoms. The minimum Gasteiger partial charge on any atom is -0.506 e. The number of para-hydroxylation sites is 1. The van der Waals surface area contributed by atoms with Gasteiger partial charge in [-0.05, 0) is 47.9 Å². The fourth-order valence-corrected chi connectivity index (χ4v) is 4.70. The van der Waals surface area contributed by atoms with E-state index in [4.69, 9.17) is 24.7 Å². The van der Waals surface area contributed by atoms with E-state index in [2.05, 4.69) is 0 Å². The van der Waals surface area contributed by atoms with Gasteiger partial charge in [-0.25, -0.2) is 4.79 Å². The number of aromatic hydroxyl groups is 1. The van der Waals surface area contributed by atoms with Crippen molar-refractivity contribution in [2.45, 2.75) is 38.1 Å². The Bertz CT molecular complexity index is 1220. The zero-order chi connectivity index (χ0) is 27.6. The van der Waals surface area contributed by atoms with Gasteiger partial charge >= 0.3 is 6.09 Å². The quantitative estimate of drug-likeness (QED) is 0.167. The highest BCUT2D eigenvalue weighted by atomic mass is 16.5. The number of carboxylic acid groups (broad SMARTS) is 1. The third-order valence-corrected chi connectivity index (χ3v) is 6.85. The average molecular weight is 537 g/mol. The van der Waals surface area contributed by atoms with Crippen molar-refractivity contribution in [2.24, 2.45) is 0 Å². The average Bonchev–Trinajstić information content (AvgIpc) is 2.96. The van der Waals surface area contributed by atoms with Gasteiger partial charge in [0.05, 0.1) is 51.9 Å². The summed E-state index contributed by atoms with van der Waals surface area (Å²) >= 11 is 0. The molecule has 9 nitrogen and oxygen atoms in total. The van der Waals surface area contributed by atoms with E-state index in [1.165, 1.54) is 11.0 Å². The molecule has 2 unspecified atom stereocenters. The van der Waals surface area contributed by atoms with Gasteiger partial charge in [-0.1, -0.05) is 36.4 Å². The SMILES string of the molecule is COc1ccccc1COCCCOc1ccc(C2CCN(C(=O)O)CC2OCc2ccc(O)c(N)c2)cc1. The number of ether oxygens (including phenoxy) is 4. The zero-order valence-corrected chi connectivity index (χ0v) is 22.1. The number of hydrogen-bond acceptors (Lipinski definition) is 7. The van der Waals surface area contributed by atoms with Crippen LogP contribution in [0.25, 0.3) is 0 Å². The van der Waals surface area contributed by atoms with Gasteiger partial charge in [0, 0.05) is 24.4 Å². The molecule has 3 aromatic rings. The molecule has 39 heavy (non-hydrogen) atoms. The Kier molecular flexibility index (Phi) is 9.88. The Morgan fingerprint density at radius 2 is 1.85 bits per heavy atom. The third kappa shape index (κ3) is 7.78. The lowest BCUT2D eigenvalue weighted by atomic mass is 9.87. The summed E-state index contributed by atoms with van der Waals surface area (Å²) < 4.78 is 23.2. The molecule has 3 aromatic carbocycles. The first-order chi connectivity index (χ1) is 18.9. The van der Waals surface area contributed by atoms with Crippen molar-refractivity contribution in [1.29, 1.82) is 0 Å². The molecule has 9 heteroatoms. The van der Waals surface area contributed by atoms with Crippen LogP contribution in [0.1, 0.15) is 35.4 Å². The number of phenolic OH excluding ortho intramolecular Hbond substituents is 1. The summed E-state index contributed by atoms with van der Waals surface area (Å²) in [6.07, 6.45) is 0.129. The number of nitrogens with zero attached hydrogens (tertiary/aromatic N) is 1. The largest absolute Gasteiger partial charge is 0.506 e. The van der Waals surface area contributed by atoms with E-state index in [0.717, 1.165) is 34.6 Å². The number of methoxy groups -OCH3 is 1. The second-order valence-electron chi connectivity index (χ2n) is 9.50. The number of benzene rings is 3. The number of piperidine rings is 1. The van der Waals surface area contributed by atoms with E-state index in [1.807, 2.05) is 48.5 Å². The molecule has 0 spiro atoms. The maximum atomic E-state index is 11.6. The molecule has 1 saturated heterocycles. The van der Waals surface area contributed by atoms with Crippen LogP contribution in [0.2, 0.25) is 0 Å². The predicted molar refractivity (Wildman–Crippen MR) is 147 cm³/mol. The molecule has 0 radical (unpaired) electrons. The van der Waals surface area contributed by atoms with Crippen molar-refractivity contribution in [1.82, 2.24) is 4.90 Å². The molecule has 4 rings (SSSR count). The zero-order valence-electron chi connectivity index (χ0n) is 22.1. The van der Waals surface area contributed by atoms with Gasteiger partial charge < -0.3 is 39.8 Å². The van der Waals surface area contributed by atoms with Crippen LogP contribution in [0.5, 0.6) is 17.2 Å². The van der Waals surface area contributed by atoms with Crippen molar-refractivity contribution in [3.8, 4) is 17.2 Å². The van der Waals surface area contributed by atoms with E-state index in [1.54, 1.807) is 19.2 Å². The van der Waals surface area contributed by atoms with Gasteiger partial charge in [0.15, 0.2) is 0 Å². The first-order valence-corrected chi connectivity index (χ1v) is 13.0. The maximum Gasteiger partial charge on any atom is 0.407 e. The number of nitrogen functional groups attached to an aromatic ring is 1. The van der Waals surface area contributed by atoms with Crippen LogP contribution >= 0.6 is 0 Å². The van der Waals surface area contributed by atoms with Gasteiger partial charge in [-0.3, -0.25) is 0 Å². The molecule has 1 aliphatic rings. The second-order valence-corrected chi connectivity index (χ2v) is 9.50. The monoisotopic (exact) mass is 536 g/mol. The summed E-state index contributed by atoms with van der Waals surface area (Å²) in [6.45, 7) is 2.58. The summed E-state index contributed by atoms with van der Waals surface area (Å²) in [5.41, 5.74) is 8.98. The van der Waals surface area contributed by atoms with E-state index < -0.39 is 6.09 Å². The summed E-state index contributed by atoms with van der Waals surface area (Å²) in [7, 11) is 1.65. The smallest absolute Gasteiger partial charge is 0.407 e. The summed E-state index contributed by atoms with van der Waals surface area (Å²) in [5, 5.41) is 19.2. The number of carbonyl (C=O) groups is 1. The number of phenols is 1. The Morgan fingerprint density at radius 1 is 1.05 bits per heavy atom. The predicted octanol–water partition coefficient (Wildman–Crippen LogP) is 5.02. The minimum atomic E-state index is -0.952. The van der Waals surface area contributed by atoms with Crippen LogP contribution in [0, 0.1) is 0 Å². The van der Waals surface area contributed by atoms with Crippen molar-refractivity contribution < 1.29 is 34.0 Å². The third-order valence-electron chi connectivity index (χ3n) is 6.85. The summed E-state index contributed by atoms with van der Waals surface area (Å²) in [6, 6.07) is 20.6. The highest BCUT2D eigenvalue weighted by Crippen LogP contribution is 2.32. The van der Waals surface area contributed by atoms with Gasteiger partial charge in [-0.2, -0.15) is 0 Å². The van der Waals surface area contributed by atoms with E-state index in [9.17, 15) is 15.0 Å². The van der Waals surface area contributed by atoms with Gasteiger partial charge in [0.1, 0.15) is 17.2 Å². The minimum absolute atomic E-state index is 0.0223. The van der Waals surface area contributed by atoms with Crippen LogP contribution in [0.4, 0.5) is 10.5 Å². The van der Waals surface area contributed by atoms with Gasteiger partial charge in [-0.15, -0.1) is 0 Å². The molecule has 2 atom stereocenters. The van der Waals surface area contributed by atoms with Gasteiger partial charge in [0.25, 0.3) is 0 Å². The van der Waals surface area contributed by atoms with Crippen molar-refractivity contribution in [2.75, 3.05) is 39.1 Å².